The lowest BCUT2D eigenvalue weighted by Crippen LogP contribution is -2.35. The van der Waals surface area contributed by atoms with Crippen LogP contribution in [-0.2, 0) is 19.1 Å². The monoisotopic (exact) mass is 409 g/mol. The fourth-order valence-corrected chi connectivity index (χ4v) is 3.84. The topological polar surface area (TPSA) is 119 Å². The first kappa shape index (κ1) is 20.1. The number of nitro groups is 1. The molecular weight excluding hydrogens is 390 g/mol. The Balaban J connectivity index is 1.48. The Morgan fingerprint density at radius 1 is 1.32 bits per heavy atom. The second kappa shape index (κ2) is 8.55. The lowest BCUT2D eigenvalue weighted by molar-refractivity contribution is -0.384. The number of nitrogens with one attached hydrogen (secondary N) is 1. The fraction of sp³-hybridized carbons (Fsp3) is 0.500. The molecule has 1 saturated heterocycles. The van der Waals surface area contributed by atoms with E-state index in [1.807, 2.05) is 0 Å². The van der Waals surface area contributed by atoms with Crippen molar-refractivity contribution in [2.75, 3.05) is 18.5 Å². The van der Waals surface area contributed by atoms with E-state index in [-0.39, 0.29) is 34.8 Å². The van der Waals surface area contributed by atoms with Crippen LogP contribution < -0.4 is 5.32 Å². The Morgan fingerprint density at radius 2 is 2.04 bits per heavy atom. The SMILES string of the molecule is O=C(COC(=O)[C@H]1CC(=O)N(C2CCCC2)C1)Nc1ccc([N+](=O)[O-])cc1Cl. The number of likely N-dealkylation sites (tertiary alicyclic amines) is 1. The molecule has 3 rings (SSSR count). The van der Waals surface area contributed by atoms with Gasteiger partial charge in [0.15, 0.2) is 6.61 Å². The third-order valence-corrected chi connectivity index (χ3v) is 5.35. The number of benzene rings is 1. The van der Waals surface area contributed by atoms with Gasteiger partial charge in [0.2, 0.25) is 5.91 Å². The van der Waals surface area contributed by atoms with E-state index in [0.29, 0.717) is 6.54 Å². The highest BCUT2D eigenvalue weighted by molar-refractivity contribution is 6.34. The van der Waals surface area contributed by atoms with E-state index >= 15 is 0 Å². The summed E-state index contributed by atoms with van der Waals surface area (Å²) in [5.41, 5.74) is -0.0242. The standard InChI is InChI=1S/C18H20ClN3O6/c19-14-8-13(22(26)27)5-6-15(14)20-16(23)10-28-18(25)11-7-17(24)21(9-11)12-3-1-2-4-12/h5-6,8,11-12H,1-4,7,9-10H2,(H,20,23)/t11-/m0/s1. The van der Waals surface area contributed by atoms with E-state index < -0.39 is 29.3 Å². The maximum Gasteiger partial charge on any atom is 0.311 e. The van der Waals surface area contributed by atoms with Crippen molar-refractivity contribution in [1.82, 2.24) is 4.90 Å². The van der Waals surface area contributed by atoms with Gasteiger partial charge in [-0.1, -0.05) is 24.4 Å². The molecule has 1 aliphatic heterocycles. The van der Waals surface area contributed by atoms with E-state index in [0.717, 1.165) is 31.7 Å². The zero-order valence-electron chi connectivity index (χ0n) is 15.1. The second-order valence-corrected chi connectivity index (χ2v) is 7.37. The molecule has 1 saturated carbocycles. The van der Waals surface area contributed by atoms with Gasteiger partial charge in [-0.25, -0.2) is 0 Å². The first-order valence-electron chi connectivity index (χ1n) is 9.05. The third-order valence-electron chi connectivity index (χ3n) is 5.04. The summed E-state index contributed by atoms with van der Waals surface area (Å²) in [5, 5.41) is 13.1. The molecule has 2 aliphatic rings. The van der Waals surface area contributed by atoms with Gasteiger partial charge in [-0.05, 0) is 18.9 Å². The van der Waals surface area contributed by atoms with Crippen LogP contribution in [-0.4, -0.2) is 46.8 Å². The van der Waals surface area contributed by atoms with Crippen LogP contribution in [0.2, 0.25) is 5.02 Å². The Kier molecular flexibility index (Phi) is 6.13. The molecule has 28 heavy (non-hydrogen) atoms. The predicted octanol–water partition coefficient (Wildman–Crippen LogP) is 2.52. The number of carbonyl (C=O) groups excluding carboxylic acids is 3. The van der Waals surface area contributed by atoms with Gasteiger partial charge < -0.3 is 15.0 Å². The number of esters is 1. The van der Waals surface area contributed by atoms with Gasteiger partial charge in [-0.2, -0.15) is 0 Å². The molecule has 1 aliphatic carbocycles. The summed E-state index contributed by atoms with van der Waals surface area (Å²) in [6.07, 6.45) is 4.22. The molecule has 1 heterocycles. The van der Waals surface area contributed by atoms with Gasteiger partial charge in [0.1, 0.15) is 0 Å². The van der Waals surface area contributed by atoms with Gasteiger partial charge >= 0.3 is 5.97 Å². The van der Waals surface area contributed by atoms with Crippen molar-refractivity contribution in [3.8, 4) is 0 Å². The molecule has 0 bridgehead atoms. The van der Waals surface area contributed by atoms with Crippen LogP contribution in [0.3, 0.4) is 0 Å². The van der Waals surface area contributed by atoms with E-state index in [9.17, 15) is 24.5 Å². The van der Waals surface area contributed by atoms with Crippen LogP contribution in [0.15, 0.2) is 18.2 Å². The minimum atomic E-state index is -0.624. The van der Waals surface area contributed by atoms with Crippen LogP contribution in [0.4, 0.5) is 11.4 Å². The number of hydrogen-bond donors (Lipinski definition) is 1. The molecule has 1 aromatic rings. The van der Waals surface area contributed by atoms with Gasteiger partial charge in [0, 0.05) is 31.1 Å². The molecule has 0 aromatic heterocycles. The molecule has 0 radical (unpaired) electrons. The highest BCUT2D eigenvalue weighted by atomic mass is 35.5. The van der Waals surface area contributed by atoms with Crippen molar-refractivity contribution in [2.45, 2.75) is 38.1 Å². The smallest absolute Gasteiger partial charge is 0.311 e. The first-order chi connectivity index (χ1) is 13.3. The number of amides is 2. The summed E-state index contributed by atoms with van der Waals surface area (Å²) in [6.45, 7) is -0.196. The molecule has 9 nitrogen and oxygen atoms in total. The number of anilines is 1. The molecule has 2 fully saturated rings. The Labute approximate surface area is 166 Å². The quantitative estimate of drug-likeness (QED) is 0.438. The van der Waals surface area contributed by atoms with Gasteiger partial charge in [0.05, 0.1) is 21.6 Å². The molecule has 10 heteroatoms. The van der Waals surface area contributed by atoms with E-state index in [1.54, 1.807) is 4.90 Å². The normalized spacial score (nSPS) is 19.7. The zero-order chi connectivity index (χ0) is 20.3. The number of non-ortho nitro benzene ring substituents is 1. The number of halogens is 1. The maximum atomic E-state index is 12.2. The molecule has 1 N–H and O–H groups in total. The third kappa shape index (κ3) is 4.59. The number of rotatable bonds is 6. The summed E-state index contributed by atoms with van der Waals surface area (Å²) in [6, 6.07) is 3.83. The Morgan fingerprint density at radius 3 is 2.68 bits per heavy atom. The highest BCUT2D eigenvalue weighted by Gasteiger charge is 2.39. The van der Waals surface area contributed by atoms with Crippen LogP contribution >= 0.6 is 11.6 Å². The second-order valence-electron chi connectivity index (χ2n) is 6.96. The Hall–Kier alpha value is -2.68. The lowest BCUT2D eigenvalue weighted by atomic mass is 10.1. The first-order valence-corrected chi connectivity index (χ1v) is 9.43. The van der Waals surface area contributed by atoms with Crippen molar-refractivity contribution in [3.63, 3.8) is 0 Å². The van der Waals surface area contributed by atoms with Gasteiger partial charge in [-0.15, -0.1) is 0 Å². The van der Waals surface area contributed by atoms with Crippen molar-refractivity contribution < 1.29 is 24.0 Å². The average Bonchev–Trinajstić information content (AvgIpc) is 3.30. The highest BCUT2D eigenvalue weighted by Crippen LogP contribution is 2.30. The number of hydrogen-bond acceptors (Lipinski definition) is 6. The van der Waals surface area contributed by atoms with Crippen LogP contribution in [0, 0.1) is 16.0 Å². The fourth-order valence-electron chi connectivity index (χ4n) is 3.62. The predicted molar refractivity (Wildman–Crippen MR) is 99.8 cm³/mol. The molecule has 1 atom stereocenters. The van der Waals surface area contributed by atoms with E-state index in [2.05, 4.69) is 5.32 Å². The minimum Gasteiger partial charge on any atom is -0.455 e. The number of ether oxygens (including phenoxy) is 1. The summed E-state index contributed by atoms with van der Waals surface area (Å²) >= 11 is 5.91. The summed E-state index contributed by atoms with van der Waals surface area (Å²) in [5.74, 6) is -1.82. The van der Waals surface area contributed by atoms with E-state index in [4.69, 9.17) is 16.3 Å². The van der Waals surface area contributed by atoms with Crippen LogP contribution in [0.25, 0.3) is 0 Å². The maximum absolute atomic E-state index is 12.2. The zero-order valence-corrected chi connectivity index (χ0v) is 15.8. The van der Waals surface area contributed by atoms with Crippen molar-refractivity contribution in [2.24, 2.45) is 5.92 Å². The average molecular weight is 410 g/mol. The number of nitrogens with zero attached hydrogens (tertiary/aromatic N) is 2. The molecule has 0 spiro atoms. The molecule has 1 aromatic carbocycles. The molecule has 150 valence electrons. The van der Waals surface area contributed by atoms with Gasteiger partial charge in [-0.3, -0.25) is 24.5 Å². The molecule has 2 amide bonds. The summed E-state index contributed by atoms with van der Waals surface area (Å²) in [4.78, 5) is 48.2. The van der Waals surface area contributed by atoms with E-state index in [1.165, 1.54) is 12.1 Å². The lowest BCUT2D eigenvalue weighted by Gasteiger charge is -2.23. The van der Waals surface area contributed by atoms with Crippen molar-refractivity contribution in [1.29, 1.82) is 0 Å². The van der Waals surface area contributed by atoms with Crippen LogP contribution in [0.1, 0.15) is 32.1 Å². The number of nitro benzene ring substituents is 1. The number of carbonyl (C=O) groups is 3. The largest absolute Gasteiger partial charge is 0.455 e. The summed E-state index contributed by atoms with van der Waals surface area (Å²) in [7, 11) is 0. The Bertz CT molecular complexity index is 809. The molecule has 0 unspecified atom stereocenters. The van der Waals surface area contributed by atoms with Crippen LogP contribution in [0.5, 0.6) is 0 Å². The molecular formula is C18H20ClN3O6. The minimum absolute atomic E-state index is 0.00229. The van der Waals surface area contributed by atoms with Crippen molar-refractivity contribution >= 4 is 40.8 Å². The summed E-state index contributed by atoms with van der Waals surface area (Å²) < 4.78 is 5.04. The van der Waals surface area contributed by atoms with Gasteiger partial charge in [0.25, 0.3) is 11.6 Å². The van der Waals surface area contributed by atoms with Crippen molar-refractivity contribution in [3.05, 3.63) is 33.3 Å².